The fourth-order valence-electron chi connectivity index (χ4n) is 1.28. The predicted octanol–water partition coefficient (Wildman–Crippen LogP) is 0.171. The van der Waals surface area contributed by atoms with Crippen LogP contribution in [-0.2, 0) is 9.53 Å². The SMILES string of the molecule is NC(C(=O)NCC1CCCO1)C(F)(F)F. The molecule has 0 bridgehead atoms. The summed E-state index contributed by atoms with van der Waals surface area (Å²) in [5.74, 6) is -1.21. The Balaban J connectivity index is 2.29. The summed E-state index contributed by atoms with van der Waals surface area (Å²) in [5.41, 5.74) is 4.70. The van der Waals surface area contributed by atoms with Gasteiger partial charge in [-0.3, -0.25) is 4.79 Å². The summed E-state index contributed by atoms with van der Waals surface area (Å²) in [6, 6.07) is -2.46. The standard InChI is InChI=1S/C8H13F3N2O2/c9-8(10,11)6(12)7(14)13-4-5-2-1-3-15-5/h5-6H,1-4,12H2,(H,13,14). The van der Waals surface area contributed by atoms with Crippen molar-refractivity contribution in [1.29, 1.82) is 0 Å². The maximum atomic E-state index is 12.0. The van der Waals surface area contributed by atoms with Crippen molar-refractivity contribution in [1.82, 2.24) is 5.32 Å². The van der Waals surface area contributed by atoms with E-state index >= 15 is 0 Å². The van der Waals surface area contributed by atoms with Crippen molar-refractivity contribution in [3.05, 3.63) is 0 Å². The molecule has 1 saturated heterocycles. The Morgan fingerprint density at radius 1 is 1.60 bits per heavy atom. The average Bonchev–Trinajstić information content (AvgIpc) is 2.63. The third-order valence-corrected chi connectivity index (χ3v) is 2.16. The molecular weight excluding hydrogens is 213 g/mol. The number of ether oxygens (including phenoxy) is 1. The molecule has 4 nitrogen and oxygen atoms in total. The number of hydrogen-bond acceptors (Lipinski definition) is 3. The summed E-state index contributed by atoms with van der Waals surface area (Å²) >= 11 is 0. The number of amides is 1. The molecule has 0 aromatic carbocycles. The molecule has 1 amide bonds. The quantitative estimate of drug-likeness (QED) is 0.721. The molecule has 1 fully saturated rings. The lowest BCUT2D eigenvalue weighted by atomic mass is 10.2. The molecule has 0 spiro atoms. The summed E-state index contributed by atoms with van der Waals surface area (Å²) < 4.78 is 41.1. The lowest BCUT2D eigenvalue weighted by molar-refractivity contribution is -0.163. The molecule has 88 valence electrons. The van der Waals surface area contributed by atoms with E-state index in [9.17, 15) is 18.0 Å². The van der Waals surface area contributed by atoms with Crippen LogP contribution in [0, 0.1) is 0 Å². The molecule has 0 radical (unpaired) electrons. The van der Waals surface area contributed by atoms with Crippen LogP contribution in [0.25, 0.3) is 0 Å². The Labute approximate surface area is 84.9 Å². The molecule has 2 unspecified atom stereocenters. The molecule has 0 saturated carbocycles. The number of carbonyl (C=O) groups is 1. The van der Waals surface area contributed by atoms with Gasteiger partial charge in [0.05, 0.1) is 6.10 Å². The average molecular weight is 226 g/mol. The molecule has 7 heteroatoms. The van der Waals surface area contributed by atoms with Gasteiger partial charge in [-0.05, 0) is 12.8 Å². The number of nitrogens with two attached hydrogens (primary N) is 1. The van der Waals surface area contributed by atoms with Crippen molar-refractivity contribution < 1.29 is 22.7 Å². The minimum absolute atomic E-state index is 0.0859. The summed E-state index contributed by atoms with van der Waals surface area (Å²) in [6.45, 7) is 0.675. The first-order chi connectivity index (χ1) is 6.91. The molecule has 0 aliphatic carbocycles. The van der Waals surface area contributed by atoms with Gasteiger partial charge in [-0.1, -0.05) is 0 Å². The van der Waals surface area contributed by atoms with Crippen molar-refractivity contribution in [3.63, 3.8) is 0 Å². The van der Waals surface area contributed by atoms with E-state index in [2.05, 4.69) is 5.32 Å². The van der Waals surface area contributed by atoms with E-state index in [4.69, 9.17) is 10.5 Å². The zero-order valence-corrected chi connectivity index (χ0v) is 8.01. The molecule has 1 heterocycles. The second-order valence-electron chi connectivity index (χ2n) is 3.40. The fourth-order valence-corrected chi connectivity index (χ4v) is 1.28. The Bertz CT molecular complexity index is 226. The molecular formula is C8H13F3N2O2. The topological polar surface area (TPSA) is 64.4 Å². The number of rotatable bonds is 3. The number of alkyl halides is 3. The number of carbonyl (C=O) groups excluding carboxylic acids is 1. The maximum Gasteiger partial charge on any atom is 0.412 e. The molecule has 1 aliphatic heterocycles. The lowest BCUT2D eigenvalue weighted by Crippen LogP contribution is -2.51. The summed E-state index contributed by atoms with van der Waals surface area (Å²) in [5, 5.41) is 2.12. The number of hydrogen-bond donors (Lipinski definition) is 2. The first-order valence-electron chi connectivity index (χ1n) is 4.63. The summed E-state index contributed by atoms with van der Waals surface area (Å²) in [4.78, 5) is 10.9. The van der Waals surface area contributed by atoms with Crippen LogP contribution in [0.1, 0.15) is 12.8 Å². The Kier molecular flexibility index (Phi) is 3.92. The van der Waals surface area contributed by atoms with Gasteiger partial charge in [0.15, 0.2) is 6.04 Å². The van der Waals surface area contributed by atoms with E-state index in [0.717, 1.165) is 12.8 Å². The second kappa shape index (κ2) is 4.80. The molecule has 0 aromatic heterocycles. The first-order valence-corrected chi connectivity index (χ1v) is 4.63. The van der Waals surface area contributed by atoms with Gasteiger partial charge in [0.2, 0.25) is 5.91 Å². The minimum Gasteiger partial charge on any atom is -0.376 e. The molecule has 15 heavy (non-hydrogen) atoms. The van der Waals surface area contributed by atoms with Gasteiger partial charge >= 0.3 is 6.18 Å². The van der Waals surface area contributed by atoms with Crippen LogP contribution in [-0.4, -0.2) is 37.4 Å². The van der Waals surface area contributed by atoms with Gasteiger partial charge in [-0.2, -0.15) is 13.2 Å². The monoisotopic (exact) mass is 226 g/mol. The van der Waals surface area contributed by atoms with Gasteiger partial charge in [0.1, 0.15) is 0 Å². The van der Waals surface area contributed by atoms with Crippen molar-refractivity contribution in [3.8, 4) is 0 Å². The Morgan fingerprint density at radius 3 is 2.73 bits per heavy atom. The molecule has 1 aliphatic rings. The first kappa shape index (κ1) is 12.3. The molecule has 0 aromatic rings. The number of halogens is 3. The van der Waals surface area contributed by atoms with Gasteiger partial charge in [0.25, 0.3) is 0 Å². The highest BCUT2D eigenvalue weighted by Gasteiger charge is 2.42. The van der Waals surface area contributed by atoms with Gasteiger partial charge in [-0.15, -0.1) is 0 Å². The highest BCUT2D eigenvalue weighted by molar-refractivity contribution is 5.82. The summed E-state index contributed by atoms with van der Waals surface area (Å²) in [7, 11) is 0. The Morgan fingerprint density at radius 2 is 2.27 bits per heavy atom. The van der Waals surface area contributed by atoms with E-state index in [1.54, 1.807) is 0 Å². The molecule has 1 rings (SSSR count). The van der Waals surface area contributed by atoms with E-state index in [1.165, 1.54) is 0 Å². The van der Waals surface area contributed by atoms with E-state index in [1.807, 2.05) is 0 Å². The third kappa shape index (κ3) is 3.67. The van der Waals surface area contributed by atoms with Crippen molar-refractivity contribution in [2.24, 2.45) is 5.73 Å². The van der Waals surface area contributed by atoms with Gasteiger partial charge in [0, 0.05) is 13.2 Å². The van der Waals surface area contributed by atoms with Crippen LogP contribution >= 0.6 is 0 Å². The molecule has 3 N–H and O–H groups in total. The minimum atomic E-state index is -4.69. The zero-order valence-electron chi connectivity index (χ0n) is 8.01. The highest BCUT2D eigenvalue weighted by atomic mass is 19.4. The predicted molar refractivity (Wildman–Crippen MR) is 46.0 cm³/mol. The highest BCUT2D eigenvalue weighted by Crippen LogP contribution is 2.18. The lowest BCUT2D eigenvalue weighted by Gasteiger charge is -2.16. The van der Waals surface area contributed by atoms with Crippen molar-refractivity contribution in [2.75, 3.05) is 13.2 Å². The van der Waals surface area contributed by atoms with Crippen molar-refractivity contribution in [2.45, 2.75) is 31.2 Å². The van der Waals surface area contributed by atoms with E-state index < -0.39 is 18.1 Å². The van der Waals surface area contributed by atoms with Crippen LogP contribution in [0.2, 0.25) is 0 Å². The van der Waals surface area contributed by atoms with Crippen LogP contribution < -0.4 is 11.1 Å². The van der Waals surface area contributed by atoms with Crippen LogP contribution in [0.15, 0.2) is 0 Å². The number of nitrogens with one attached hydrogen (secondary N) is 1. The van der Waals surface area contributed by atoms with Crippen LogP contribution in [0.4, 0.5) is 13.2 Å². The van der Waals surface area contributed by atoms with Gasteiger partial charge in [-0.25, -0.2) is 0 Å². The summed E-state index contributed by atoms with van der Waals surface area (Å²) in [6.07, 6.45) is -3.26. The third-order valence-electron chi connectivity index (χ3n) is 2.16. The Hall–Kier alpha value is -0.820. The second-order valence-corrected chi connectivity index (χ2v) is 3.40. The smallest absolute Gasteiger partial charge is 0.376 e. The van der Waals surface area contributed by atoms with Crippen LogP contribution in [0.3, 0.4) is 0 Å². The normalized spacial score (nSPS) is 23.9. The van der Waals surface area contributed by atoms with Crippen LogP contribution in [0.5, 0.6) is 0 Å². The fraction of sp³-hybridized carbons (Fsp3) is 0.875. The maximum absolute atomic E-state index is 12.0. The van der Waals surface area contributed by atoms with Gasteiger partial charge < -0.3 is 15.8 Å². The zero-order chi connectivity index (χ0) is 11.5. The largest absolute Gasteiger partial charge is 0.412 e. The molecule has 2 atom stereocenters. The van der Waals surface area contributed by atoms with E-state index in [0.29, 0.717) is 6.61 Å². The van der Waals surface area contributed by atoms with E-state index in [-0.39, 0.29) is 12.6 Å². The van der Waals surface area contributed by atoms with Crippen molar-refractivity contribution >= 4 is 5.91 Å².